The van der Waals surface area contributed by atoms with Crippen molar-refractivity contribution in [1.29, 1.82) is 0 Å². The number of anilines is 1. The summed E-state index contributed by atoms with van der Waals surface area (Å²) < 4.78 is 4.94. The smallest absolute Gasteiger partial charge is 0.338 e. The van der Waals surface area contributed by atoms with Crippen molar-refractivity contribution in [2.75, 3.05) is 11.9 Å². The molecule has 0 aliphatic carbocycles. The largest absolute Gasteiger partial charge is 0.452 e. The fourth-order valence-electron chi connectivity index (χ4n) is 1.79. The molecule has 0 aliphatic rings. The zero-order valence-electron chi connectivity index (χ0n) is 12.0. The molecule has 0 heterocycles. The van der Waals surface area contributed by atoms with Gasteiger partial charge in [0.1, 0.15) is 0 Å². The fraction of sp³-hybridized carbons (Fsp3) is 0.125. The van der Waals surface area contributed by atoms with E-state index >= 15 is 0 Å². The van der Waals surface area contributed by atoms with Crippen molar-refractivity contribution in [3.63, 3.8) is 0 Å². The Balaban J connectivity index is 1.93. The van der Waals surface area contributed by atoms with Crippen LogP contribution < -0.4 is 5.32 Å². The van der Waals surface area contributed by atoms with Crippen molar-refractivity contribution in [2.45, 2.75) is 6.92 Å². The van der Waals surface area contributed by atoms with Gasteiger partial charge in [0.2, 0.25) is 0 Å². The van der Waals surface area contributed by atoms with Gasteiger partial charge in [-0.25, -0.2) is 4.79 Å². The van der Waals surface area contributed by atoms with E-state index in [0.29, 0.717) is 15.7 Å². The number of halogens is 3. The fourth-order valence-corrected chi connectivity index (χ4v) is 2.32. The molecule has 0 aliphatic heterocycles. The van der Waals surface area contributed by atoms with Crippen LogP contribution in [0.2, 0.25) is 15.1 Å². The number of rotatable bonds is 4. The highest BCUT2D eigenvalue weighted by atomic mass is 35.5. The lowest BCUT2D eigenvalue weighted by molar-refractivity contribution is -0.119. The summed E-state index contributed by atoms with van der Waals surface area (Å²) in [5.74, 6) is -1.12. The second-order valence-electron chi connectivity index (χ2n) is 4.71. The van der Waals surface area contributed by atoms with Crippen LogP contribution in [0.5, 0.6) is 0 Å². The third-order valence-corrected chi connectivity index (χ3v) is 3.93. The van der Waals surface area contributed by atoms with Gasteiger partial charge in [-0.2, -0.15) is 0 Å². The molecule has 120 valence electrons. The topological polar surface area (TPSA) is 55.4 Å². The quantitative estimate of drug-likeness (QED) is 0.788. The lowest BCUT2D eigenvalue weighted by Gasteiger charge is -2.09. The number of aryl methyl sites for hydroxylation is 1. The van der Waals surface area contributed by atoms with Crippen molar-refractivity contribution in [3.8, 4) is 0 Å². The van der Waals surface area contributed by atoms with Crippen LogP contribution in [0.4, 0.5) is 5.69 Å². The molecular formula is C16H12Cl3NO3. The molecule has 0 aromatic heterocycles. The summed E-state index contributed by atoms with van der Waals surface area (Å²) in [6.07, 6.45) is 0. The van der Waals surface area contributed by atoms with Gasteiger partial charge in [-0.05, 0) is 48.9 Å². The minimum Gasteiger partial charge on any atom is -0.452 e. The summed E-state index contributed by atoms with van der Waals surface area (Å²) in [7, 11) is 0. The van der Waals surface area contributed by atoms with E-state index < -0.39 is 18.5 Å². The number of esters is 1. The molecule has 2 aromatic carbocycles. The van der Waals surface area contributed by atoms with Gasteiger partial charge in [-0.3, -0.25) is 4.79 Å². The van der Waals surface area contributed by atoms with Crippen molar-refractivity contribution in [2.24, 2.45) is 0 Å². The molecule has 7 heteroatoms. The van der Waals surface area contributed by atoms with Gasteiger partial charge in [0.05, 0.1) is 15.6 Å². The summed E-state index contributed by atoms with van der Waals surface area (Å²) >= 11 is 17.4. The normalized spacial score (nSPS) is 10.3. The molecule has 23 heavy (non-hydrogen) atoms. The van der Waals surface area contributed by atoms with Crippen molar-refractivity contribution < 1.29 is 14.3 Å². The lowest BCUT2D eigenvalue weighted by atomic mass is 10.2. The summed E-state index contributed by atoms with van der Waals surface area (Å²) in [6, 6.07) is 9.39. The lowest BCUT2D eigenvalue weighted by Crippen LogP contribution is -2.21. The third-order valence-electron chi connectivity index (χ3n) is 2.95. The predicted molar refractivity (Wildman–Crippen MR) is 91.6 cm³/mol. The highest BCUT2D eigenvalue weighted by Gasteiger charge is 2.12. The first kappa shape index (κ1) is 17.6. The Hall–Kier alpha value is -1.75. The van der Waals surface area contributed by atoms with E-state index in [2.05, 4.69) is 5.32 Å². The molecule has 0 fully saturated rings. The van der Waals surface area contributed by atoms with Gasteiger partial charge >= 0.3 is 5.97 Å². The zero-order chi connectivity index (χ0) is 17.0. The maximum Gasteiger partial charge on any atom is 0.338 e. The van der Waals surface area contributed by atoms with E-state index in [1.54, 1.807) is 18.2 Å². The first-order chi connectivity index (χ1) is 10.9. The van der Waals surface area contributed by atoms with Crippen LogP contribution in [0.1, 0.15) is 15.9 Å². The minimum absolute atomic E-state index is 0.217. The standard InChI is InChI=1S/C16H12Cl3NO3/c1-9-6-11(17)3-5-14(9)20-15(21)8-23-16(22)10-2-4-12(18)13(19)7-10/h2-7H,8H2,1H3,(H,20,21). The molecule has 1 N–H and O–H groups in total. The minimum atomic E-state index is -0.661. The Morgan fingerprint density at radius 3 is 2.43 bits per heavy atom. The molecule has 2 rings (SSSR count). The van der Waals surface area contributed by atoms with Gasteiger partial charge in [0, 0.05) is 10.7 Å². The second kappa shape index (κ2) is 7.68. The Kier molecular flexibility index (Phi) is 5.88. The molecule has 2 aromatic rings. The van der Waals surface area contributed by atoms with Crippen LogP contribution in [0.3, 0.4) is 0 Å². The van der Waals surface area contributed by atoms with Crippen LogP contribution >= 0.6 is 34.8 Å². The maximum atomic E-state index is 11.9. The number of ether oxygens (including phenoxy) is 1. The van der Waals surface area contributed by atoms with E-state index in [0.717, 1.165) is 5.56 Å². The van der Waals surface area contributed by atoms with Crippen LogP contribution in [0, 0.1) is 6.92 Å². The van der Waals surface area contributed by atoms with Crippen molar-refractivity contribution >= 4 is 52.4 Å². The number of carbonyl (C=O) groups is 2. The molecule has 0 spiro atoms. The van der Waals surface area contributed by atoms with Crippen LogP contribution in [0.15, 0.2) is 36.4 Å². The maximum absolute atomic E-state index is 11.9. The molecule has 0 unspecified atom stereocenters. The van der Waals surface area contributed by atoms with E-state index in [-0.39, 0.29) is 10.6 Å². The molecule has 1 amide bonds. The van der Waals surface area contributed by atoms with Crippen LogP contribution in [0.25, 0.3) is 0 Å². The molecule has 0 radical (unpaired) electrons. The number of hydrogen-bond donors (Lipinski definition) is 1. The summed E-state index contributed by atoms with van der Waals surface area (Å²) in [6.45, 7) is 1.39. The van der Waals surface area contributed by atoms with Crippen LogP contribution in [-0.4, -0.2) is 18.5 Å². The molecule has 0 bridgehead atoms. The average Bonchev–Trinajstić information content (AvgIpc) is 2.50. The Bertz CT molecular complexity index is 762. The van der Waals surface area contributed by atoms with Crippen molar-refractivity contribution in [1.82, 2.24) is 0 Å². The number of carbonyl (C=O) groups excluding carboxylic acids is 2. The van der Waals surface area contributed by atoms with Crippen molar-refractivity contribution in [3.05, 3.63) is 62.6 Å². The van der Waals surface area contributed by atoms with E-state index in [9.17, 15) is 9.59 Å². The van der Waals surface area contributed by atoms with E-state index in [1.807, 2.05) is 6.92 Å². The monoisotopic (exact) mass is 371 g/mol. The number of hydrogen-bond acceptors (Lipinski definition) is 3. The van der Waals surface area contributed by atoms with E-state index in [1.165, 1.54) is 18.2 Å². The Morgan fingerprint density at radius 2 is 1.78 bits per heavy atom. The Labute approximate surface area is 148 Å². The van der Waals surface area contributed by atoms with E-state index in [4.69, 9.17) is 39.5 Å². The number of nitrogens with one attached hydrogen (secondary N) is 1. The van der Waals surface area contributed by atoms with Gasteiger partial charge in [-0.15, -0.1) is 0 Å². The zero-order valence-corrected chi connectivity index (χ0v) is 14.3. The predicted octanol–water partition coefficient (Wildman–Crippen LogP) is 4.75. The average molecular weight is 373 g/mol. The van der Waals surface area contributed by atoms with Gasteiger partial charge in [0.25, 0.3) is 5.91 Å². The molecule has 4 nitrogen and oxygen atoms in total. The Morgan fingerprint density at radius 1 is 1.04 bits per heavy atom. The van der Waals surface area contributed by atoms with Gasteiger partial charge in [0.15, 0.2) is 6.61 Å². The molecule has 0 atom stereocenters. The molecular weight excluding hydrogens is 361 g/mol. The summed E-state index contributed by atoms with van der Waals surface area (Å²) in [5.41, 5.74) is 1.63. The van der Waals surface area contributed by atoms with Gasteiger partial charge in [-0.1, -0.05) is 34.8 Å². The summed E-state index contributed by atoms with van der Waals surface area (Å²) in [4.78, 5) is 23.7. The highest BCUT2D eigenvalue weighted by molar-refractivity contribution is 6.42. The molecule has 0 saturated carbocycles. The third kappa shape index (κ3) is 4.86. The van der Waals surface area contributed by atoms with Gasteiger partial charge < -0.3 is 10.1 Å². The molecule has 0 saturated heterocycles. The number of benzene rings is 2. The SMILES string of the molecule is Cc1cc(Cl)ccc1NC(=O)COC(=O)c1ccc(Cl)c(Cl)c1. The second-order valence-corrected chi connectivity index (χ2v) is 5.96. The van der Waals surface area contributed by atoms with Crippen LogP contribution in [-0.2, 0) is 9.53 Å². The number of amides is 1. The first-order valence-electron chi connectivity index (χ1n) is 6.55. The first-order valence-corrected chi connectivity index (χ1v) is 7.68. The summed E-state index contributed by atoms with van der Waals surface area (Å²) in [5, 5.41) is 3.79. The highest BCUT2D eigenvalue weighted by Crippen LogP contribution is 2.23.